The monoisotopic (exact) mass is 1290 g/mol. The van der Waals surface area contributed by atoms with E-state index < -0.39 is 0 Å². The number of nitrogens with zero attached hydrogens (tertiary/aromatic N) is 3. The highest BCUT2D eigenvalue weighted by Crippen LogP contribution is 2.45. The highest BCUT2D eigenvalue weighted by Gasteiger charge is 2.21. The summed E-state index contributed by atoms with van der Waals surface area (Å²) in [5.74, 6) is 0. The van der Waals surface area contributed by atoms with E-state index in [1.807, 2.05) is 24.3 Å². The van der Waals surface area contributed by atoms with Gasteiger partial charge in [-0.3, -0.25) is 0 Å². The molecule has 0 unspecified atom stereocenters. The third kappa shape index (κ3) is 11.4. The molecule has 101 heavy (non-hydrogen) atoms. The molecule has 19 rings (SSSR count). The van der Waals surface area contributed by atoms with Gasteiger partial charge in [0.15, 0.2) is 0 Å². The summed E-state index contributed by atoms with van der Waals surface area (Å²) in [4.78, 5) is 4.65. The molecule has 0 aliphatic carbocycles. The number of hydrogen-bond donors (Lipinski definition) is 0. The summed E-state index contributed by atoms with van der Waals surface area (Å²) in [7, 11) is 0. The molecule has 5 nitrogen and oxygen atoms in total. The number of hydrogen-bond acceptors (Lipinski definition) is 4. The number of benzene rings is 16. The highest BCUT2D eigenvalue weighted by atomic mass is 16.3. The van der Waals surface area contributed by atoms with Crippen molar-refractivity contribution in [3.05, 3.63) is 394 Å². The molecule has 0 saturated heterocycles. The van der Waals surface area contributed by atoms with Crippen LogP contribution < -0.4 is 9.80 Å². The van der Waals surface area contributed by atoms with Crippen LogP contribution in [0.2, 0.25) is 0 Å². The number of fused-ring (bicyclic) bond motifs is 9. The molecule has 5 heteroatoms. The molecule has 0 amide bonds. The zero-order valence-corrected chi connectivity index (χ0v) is 55.2. The molecule has 19 aromatic rings. The quantitative estimate of drug-likeness (QED) is 0.115. The largest absolute Gasteiger partial charge is 0.455 e. The van der Waals surface area contributed by atoms with Gasteiger partial charge in [-0.15, -0.1) is 0 Å². The first kappa shape index (κ1) is 60.0. The van der Waals surface area contributed by atoms with E-state index in [-0.39, 0.29) is 0 Å². The van der Waals surface area contributed by atoms with Crippen molar-refractivity contribution in [2.24, 2.45) is 0 Å². The maximum atomic E-state index is 6.38. The molecule has 0 spiro atoms. The third-order valence-corrected chi connectivity index (χ3v) is 19.5. The van der Waals surface area contributed by atoms with Gasteiger partial charge >= 0.3 is 0 Å². The predicted octanol–water partition coefficient (Wildman–Crippen LogP) is 27.2. The number of rotatable bonds is 13. The van der Waals surface area contributed by atoms with Gasteiger partial charge in [0, 0.05) is 83.3 Å². The van der Waals surface area contributed by atoms with E-state index in [4.69, 9.17) is 8.83 Å². The molecule has 0 aliphatic heterocycles. The Morgan fingerprint density at radius 2 is 0.525 bits per heavy atom. The third-order valence-electron chi connectivity index (χ3n) is 19.5. The normalized spacial score (nSPS) is 11.4. The first-order valence-electron chi connectivity index (χ1n) is 34.4. The fraction of sp³-hybridized carbons (Fsp3) is 0. The lowest BCUT2D eigenvalue weighted by molar-refractivity contribution is 0.669. The lowest BCUT2D eigenvalue weighted by atomic mass is 9.97. The van der Waals surface area contributed by atoms with E-state index in [2.05, 4.69) is 384 Å². The van der Waals surface area contributed by atoms with Crippen molar-refractivity contribution >= 4 is 99.8 Å². The van der Waals surface area contributed by atoms with Crippen LogP contribution in [0.1, 0.15) is 0 Å². The highest BCUT2D eigenvalue weighted by molar-refractivity contribution is 6.13. The molecule has 0 N–H and O–H groups in total. The van der Waals surface area contributed by atoms with Gasteiger partial charge < -0.3 is 23.2 Å². The first-order valence-corrected chi connectivity index (χ1v) is 34.4. The summed E-state index contributed by atoms with van der Waals surface area (Å²) in [5, 5.41) is 6.99. The molecular formula is C96H65N3O2. The van der Waals surface area contributed by atoms with Crippen molar-refractivity contribution in [3.63, 3.8) is 0 Å². The summed E-state index contributed by atoms with van der Waals surface area (Å²) < 4.78 is 15.2. The Morgan fingerprint density at radius 3 is 1.03 bits per heavy atom. The maximum absolute atomic E-state index is 6.38. The van der Waals surface area contributed by atoms with E-state index in [0.717, 1.165) is 106 Å². The standard InChI is InChI=1S/C48H34N2.C48H31NO2/c1-5-13-35(14-6-1)36-21-23-37(24-22-36)38-25-27-39(28-26-38)40-29-32-47-46(33-40)45-31-30-44(34-48(45)50(47)43-19-11-4-12-20-43)49(41-15-7-2-8-16-41)42-17-9-3-10-18-42;1-2-11-32(12-3-1)35-13-8-14-38(31-35)49(36-27-23-33(24-28-36)39-17-9-19-43-41-15-4-6-21-45(41)50-47(39)43)37-29-25-34(26-30-37)40-18-10-20-44-42-16-5-7-22-46(42)51-48(40)44/h1-34H;1-31H. The molecular weight excluding hydrogens is 1230 g/mol. The van der Waals surface area contributed by atoms with Crippen LogP contribution in [0.25, 0.3) is 138 Å². The Labute approximate surface area is 586 Å². The summed E-state index contributed by atoms with van der Waals surface area (Å²) in [5.41, 5.74) is 27.7. The van der Waals surface area contributed by atoms with Gasteiger partial charge in [-0.2, -0.15) is 0 Å². The van der Waals surface area contributed by atoms with Gasteiger partial charge in [-0.1, -0.05) is 285 Å². The smallest absolute Gasteiger partial charge is 0.143 e. The van der Waals surface area contributed by atoms with Crippen molar-refractivity contribution in [1.82, 2.24) is 4.57 Å². The van der Waals surface area contributed by atoms with E-state index in [0.29, 0.717) is 0 Å². The van der Waals surface area contributed by atoms with Crippen LogP contribution in [0.5, 0.6) is 0 Å². The van der Waals surface area contributed by atoms with Gasteiger partial charge in [0.1, 0.15) is 22.3 Å². The number of anilines is 6. The number of aromatic nitrogens is 1. The minimum Gasteiger partial charge on any atom is -0.455 e. The summed E-state index contributed by atoms with van der Waals surface area (Å²) in [6, 6.07) is 140. The van der Waals surface area contributed by atoms with Gasteiger partial charge in [-0.25, -0.2) is 0 Å². The fourth-order valence-corrected chi connectivity index (χ4v) is 14.6. The molecule has 3 aromatic heterocycles. The first-order chi connectivity index (χ1) is 50.1. The lowest BCUT2D eigenvalue weighted by Crippen LogP contribution is -2.10. The molecule has 0 saturated carbocycles. The Kier molecular flexibility index (Phi) is 15.5. The second-order valence-corrected chi connectivity index (χ2v) is 25.5. The predicted molar refractivity (Wildman–Crippen MR) is 424 cm³/mol. The van der Waals surface area contributed by atoms with Gasteiger partial charge in [0.25, 0.3) is 0 Å². The van der Waals surface area contributed by atoms with Gasteiger partial charge in [0.2, 0.25) is 0 Å². The lowest BCUT2D eigenvalue weighted by Gasteiger charge is -2.26. The van der Waals surface area contributed by atoms with Crippen LogP contribution >= 0.6 is 0 Å². The van der Waals surface area contributed by atoms with E-state index >= 15 is 0 Å². The Morgan fingerprint density at radius 1 is 0.188 bits per heavy atom. The number of furan rings is 2. The Bertz CT molecular complexity index is 5950. The maximum Gasteiger partial charge on any atom is 0.143 e. The van der Waals surface area contributed by atoms with Crippen molar-refractivity contribution in [1.29, 1.82) is 0 Å². The molecule has 0 bridgehead atoms. The molecule has 0 aliphatic rings. The van der Waals surface area contributed by atoms with Crippen LogP contribution in [0.15, 0.2) is 403 Å². The summed E-state index contributed by atoms with van der Waals surface area (Å²) >= 11 is 0. The average molecular weight is 1290 g/mol. The van der Waals surface area contributed by atoms with E-state index in [9.17, 15) is 0 Å². The molecule has 0 fully saturated rings. The zero-order chi connectivity index (χ0) is 67.0. The van der Waals surface area contributed by atoms with Gasteiger partial charge in [-0.05, 0) is 165 Å². The second kappa shape index (κ2) is 26.2. The molecule has 0 radical (unpaired) electrons. The van der Waals surface area contributed by atoms with Crippen LogP contribution in [0, 0.1) is 0 Å². The molecule has 3 heterocycles. The van der Waals surface area contributed by atoms with Crippen LogP contribution in [0.4, 0.5) is 34.1 Å². The molecule has 0 atom stereocenters. The minimum atomic E-state index is 0.904. The Balaban J connectivity index is 0.000000145. The second-order valence-electron chi connectivity index (χ2n) is 25.5. The van der Waals surface area contributed by atoms with Crippen LogP contribution in [0.3, 0.4) is 0 Å². The molecule has 16 aromatic carbocycles. The van der Waals surface area contributed by atoms with E-state index in [1.54, 1.807) is 0 Å². The molecule has 476 valence electrons. The zero-order valence-electron chi connectivity index (χ0n) is 55.2. The summed E-state index contributed by atoms with van der Waals surface area (Å²) in [6.45, 7) is 0. The van der Waals surface area contributed by atoms with Crippen molar-refractivity contribution in [2.45, 2.75) is 0 Å². The van der Waals surface area contributed by atoms with Crippen LogP contribution in [-0.2, 0) is 0 Å². The average Bonchev–Trinajstić information content (AvgIpc) is 1.60. The van der Waals surface area contributed by atoms with Crippen molar-refractivity contribution in [3.8, 4) is 72.4 Å². The van der Waals surface area contributed by atoms with Crippen molar-refractivity contribution < 1.29 is 8.83 Å². The topological polar surface area (TPSA) is 37.7 Å². The SMILES string of the molecule is c1ccc(-c2ccc(-c3ccc(-c4ccc5c(c4)c4ccc(N(c6ccccc6)c6ccccc6)cc4n5-c4ccccc4)cc3)cc2)cc1.c1ccc(-c2cccc(N(c3ccc(-c4cccc5c4oc4ccccc45)cc3)c3ccc(-c4cccc5c4oc4ccccc45)cc3)c2)cc1. The number of para-hydroxylation sites is 7. The minimum absolute atomic E-state index is 0.904. The van der Waals surface area contributed by atoms with E-state index in [1.165, 1.54) is 66.3 Å². The summed E-state index contributed by atoms with van der Waals surface area (Å²) in [6.07, 6.45) is 0. The van der Waals surface area contributed by atoms with Crippen LogP contribution in [-0.4, -0.2) is 4.57 Å². The van der Waals surface area contributed by atoms with Gasteiger partial charge in [0.05, 0.1) is 11.0 Å². The fourth-order valence-electron chi connectivity index (χ4n) is 14.6. The Hall–Kier alpha value is -13.5. The van der Waals surface area contributed by atoms with Crippen molar-refractivity contribution in [2.75, 3.05) is 9.80 Å².